The van der Waals surface area contributed by atoms with E-state index in [0.29, 0.717) is 28.5 Å². The number of ether oxygens (including phenoxy) is 1. The summed E-state index contributed by atoms with van der Waals surface area (Å²) in [6.45, 7) is 5.14. The van der Waals surface area contributed by atoms with E-state index in [9.17, 15) is 9.59 Å². The minimum absolute atomic E-state index is 0.300. The predicted molar refractivity (Wildman–Crippen MR) is 55.4 cm³/mol. The van der Waals surface area contributed by atoms with Crippen LogP contribution in [-0.2, 0) is 14.5 Å². The third-order valence-corrected chi connectivity index (χ3v) is 2.40. The van der Waals surface area contributed by atoms with Crippen molar-refractivity contribution in [2.75, 3.05) is 0 Å². The first-order chi connectivity index (χ1) is 7.99. The van der Waals surface area contributed by atoms with Crippen LogP contribution in [0.5, 0.6) is 11.5 Å². The molecule has 0 saturated carbocycles. The molecule has 1 aromatic heterocycles. The maximum absolute atomic E-state index is 11.4. The van der Waals surface area contributed by atoms with Gasteiger partial charge in [0.1, 0.15) is 6.42 Å². The first kappa shape index (κ1) is 11.4. The number of hydrogen-bond donors (Lipinski definition) is 0. The van der Waals surface area contributed by atoms with Crippen LogP contribution >= 0.6 is 0 Å². The normalized spacial score (nSPS) is 15.0. The molecule has 0 fully saturated rings. The van der Waals surface area contributed by atoms with E-state index in [4.69, 9.17) is 9.62 Å². The lowest BCUT2D eigenvalue weighted by Crippen LogP contribution is -2.16. The maximum Gasteiger partial charge on any atom is 0.366 e. The highest BCUT2D eigenvalue weighted by Gasteiger charge is 2.24. The average molecular weight is 237 g/mol. The number of pyridine rings is 1. The molecule has 0 radical (unpaired) electrons. The summed E-state index contributed by atoms with van der Waals surface area (Å²) < 4.78 is 5.08. The zero-order valence-electron chi connectivity index (χ0n) is 9.70. The van der Waals surface area contributed by atoms with E-state index in [2.05, 4.69) is 9.87 Å². The van der Waals surface area contributed by atoms with E-state index in [1.807, 2.05) is 0 Å². The van der Waals surface area contributed by atoms with Crippen LogP contribution in [0.15, 0.2) is 0 Å². The number of aryl methyl sites for hydroxylation is 2. The minimum atomic E-state index is -0.797. The summed E-state index contributed by atoms with van der Waals surface area (Å²) in [7, 11) is 0. The van der Waals surface area contributed by atoms with Gasteiger partial charge >= 0.3 is 11.9 Å². The first-order valence-corrected chi connectivity index (χ1v) is 5.05. The lowest BCUT2D eigenvalue weighted by atomic mass is 10.1. The minimum Gasteiger partial charge on any atom is -0.424 e. The van der Waals surface area contributed by atoms with Gasteiger partial charge in [0.2, 0.25) is 5.75 Å². The SMILES string of the molecule is Cc1nc(C)c2c(C)c1OOC(=O)CC(=O)O2. The molecule has 0 N–H and O–H groups in total. The van der Waals surface area contributed by atoms with E-state index >= 15 is 0 Å². The molecule has 1 aromatic rings. The van der Waals surface area contributed by atoms with Gasteiger partial charge in [-0.2, -0.15) is 0 Å². The van der Waals surface area contributed by atoms with Crippen molar-refractivity contribution in [1.82, 2.24) is 4.98 Å². The molecular formula is C11H11NO5. The number of carbonyl (C=O) groups is 2. The molecule has 0 amide bonds. The van der Waals surface area contributed by atoms with E-state index in [-0.39, 0.29) is 0 Å². The Labute approximate surface area is 97.4 Å². The second-order valence-corrected chi connectivity index (χ2v) is 3.76. The van der Waals surface area contributed by atoms with Crippen molar-refractivity contribution in [1.29, 1.82) is 0 Å². The Morgan fingerprint density at radius 1 is 0.941 bits per heavy atom. The summed E-state index contributed by atoms with van der Waals surface area (Å²) in [5.41, 5.74) is 1.71. The Bertz CT molecular complexity index is 509. The standard InChI is InChI=1S/C11H11NO5/c1-5-10-6(2)12-7(3)11(5)17-16-9(14)4-8(13)15-10/h4H2,1-3H3. The molecule has 0 unspecified atom stereocenters. The van der Waals surface area contributed by atoms with Gasteiger partial charge in [-0.3, -0.25) is 14.7 Å². The fourth-order valence-corrected chi connectivity index (χ4v) is 1.66. The smallest absolute Gasteiger partial charge is 0.366 e. The van der Waals surface area contributed by atoms with E-state index in [0.717, 1.165) is 0 Å². The van der Waals surface area contributed by atoms with Gasteiger partial charge < -0.3 is 4.74 Å². The molecule has 0 aliphatic carbocycles. The lowest BCUT2D eigenvalue weighted by molar-refractivity contribution is -0.214. The molecule has 2 heterocycles. The Morgan fingerprint density at radius 2 is 1.59 bits per heavy atom. The second-order valence-electron chi connectivity index (χ2n) is 3.76. The molecule has 0 saturated heterocycles. The van der Waals surface area contributed by atoms with Gasteiger partial charge in [-0.1, -0.05) is 0 Å². The summed E-state index contributed by atoms with van der Waals surface area (Å²) in [6.07, 6.45) is -0.490. The average Bonchev–Trinajstić information content (AvgIpc) is 2.26. The number of hydrogen-bond acceptors (Lipinski definition) is 6. The van der Waals surface area contributed by atoms with Gasteiger partial charge in [-0.25, -0.2) is 9.68 Å². The lowest BCUT2D eigenvalue weighted by Gasteiger charge is -2.12. The molecular weight excluding hydrogens is 226 g/mol. The van der Waals surface area contributed by atoms with Crippen molar-refractivity contribution in [3.05, 3.63) is 17.0 Å². The maximum atomic E-state index is 11.4. The molecule has 0 spiro atoms. The number of nitrogens with zero attached hydrogens (tertiary/aromatic N) is 1. The summed E-state index contributed by atoms with van der Waals surface area (Å²) in [5.74, 6) is -0.875. The molecule has 0 atom stereocenters. The molecule has 6 heteroatoms. The zero-order valence-corrected chi connectivity index (χ0v) is 9.70. The van der Waals surface area contributed by atoms with E-state index in [1.54, 1.807) is 20.8 Å². The van der Waals surface area contributed by atoms with E-state index < -0.39 is 18.4 Å². The van der Waals surface area contributed by atoms with Gasteiger partial charge in [-0.15, -0.1) is 0 Å². The second kappa shape index (κ2) is 4.04. The highest BCUT2D eigenvalue weighted by Crippen LogP contribution is 2.33. The number of fused-ring (bicyclic) bond motifs is 2. The van der Waals surface area contributed by atoms with E-state index in [1.165, 1.54) is 0 Å². The number of aromatic nitrogens is 1. The van der Waals surface area contributed by atoms with Gasteiger partial charge in [-0.05, 0) is 20.8 Å². The topological polar surface area (TPSA) is 74.7 Å². The first-order valence-electron chi connectivity index (χ1n) is 5.05. The van der Waals surface area contributed by atoms with Crippen LogP contribution in [0.3, 0.4) is 0 Å². The van der Waals surface area contributed by atoms with Gasteiger partial charge in [0.25, 0.3) is 0 Å². The summed E-state index contributed by atoms with van der Waals surface area (Å²) in [4.78, 5) is 36.1. The molecule has 0 aromatic carbocycles. The summed E-state index contributed by atoms with van der Waals surface area (Å²) in [5, 5.41) is 0. The Hall–Kier alpha value is -2.11. The quantitative estimate of drug-likeness (QED) is 0.383. The molecule has 1 aliphatic rings. The van der Waals surface area contributed by atoms with Crippen LogP contribution in [0.1, 0.15) is 23.4 Å². The van der Waals surface area contributed by atoms with Crippen LogP contribution < -0.4 is 9.62 Å². The fraction of sp³-hybridized carbons (Fsp3) is 0.364. The fourth-order valence-electron chi connectivity index (χ4n) is 1.66. The van der Waals surface area contributed by atoms with Crippen molar-refractivity contribution in [3.63, 3.8) is 0 Å². The third-order valence-electron chi connectivity index (χ3n) is 2.40. The predicted octanol–water partition coefficient (Wildman–Crippen LogP) is 1.15. The molecule has 90 valence electrons. The monoisotopic (exact) mass is 237 g/mol. The largest absolute Gasteiger partial charge is 0.424 e. The third kappa shape index (κ3) is 2.06. The van der Waals surface area contributed by atoms with Crippen LogP contribution in [0, 0.1) is 20.8 Å². The highest BCUT2D eigenvalue weighted by molar-refractivity contribution is 5.92. The van der Waals surface area contributed by atoms with Gasteiger partial charge in [0.05, 0.1) is 11.4 Å². The van der Waals surface area contributed by atoms with Crippen LogP contribution in [-0.4, -0.2) is 16.9 Å². The van der Waals surface area contributed by atoms with Gasteiger partial charge in [0.15, 0.2) is 5.75 Å². The van der Waals surface area contributed by atoms with Gasteiger partial charge in [0, 0.05) is 5.56 Å². The van der Waals surface area contributed by atoms with Crippen LogP contribution in [0.4, 0.5) is 0 Å². The van der Waals surface area contributed by atoms with Crippen LogP contribution in [0.2, 0.25) is 0 Å². The number of rotatable bonds is 0. The zero-order chi connectivity index (χ0) is 12.6. The van der Waals surface area contributed by atoms with Crippen molar-refractivity contribution >= 4 is 11.9 Å². The Kier molecular flexibility index (Phi) is 2.71. The van der Waals surface area contributed by atoms with Crippen molar-refractivity contribution < 1.29 is 24.1 Å². The molecule has 2 bridgehead atoms. The van der Waals surface area contributed by atoms with Crippen molar-refractivity contribution in [2.24, 2.45) is 0 Å². The van der Waals surface area contributed by atoms with Crippen molar-refractivity contribution in [3.8, 4) is 11.5 Å². The Morgan fingerprint density at radius 3 is 2.29 bits per heavy atom. The highest BCUT2D eigenvalue weighted by atomic mass is 17.2. The summed E-state index contributed by atoms with van der Waals surface area (Å²) in [6, 6.07) is 0. The Balaban J connectivity index is 2.56. The molecule has 2 rings (SSSR count). The molecule has 6 nitrogen and oxygen atoms in total. The van der Waals surface area contributed by atoms with Crippen LogP contribution in [0.25, 0.3) is 0 Å². The molecule has 1 aliphatic heterocycles. The molecule has 17 heavy (non-hydrogen) atoms. The number of carbonyl (C=O) groups excluding carboxylic acids is 2. The summed E-state index contributed by atoms with van der Waals surface area (Å²) >= 11 is 0. The van der Waals surface area contributed by atoms with Crippen molar-refractivity contribution in [2.45, 2.75) is 27.2 Å². The number of esters is 1.